The molecule has 2 aromatic rings. The van der Waals surface area contributed by atoms with Crippen LogP contribution in [0.15, 0.2) is 18.2 Å². The van der Waals surface area contributed by atoms with Gasteiger partial charge in [0.2, 0.25) is 0 Å². The summed E-state index contributed by atoms with van der Waals surface area (Å²) in [5.74, 6) is 0. The molecule has 0 aromatic heterocycles. The molecule has 0 aliphatic rings. The van der Waals surface area contributed by atoms with Crippen molar-refractivity contribution >= 4 is 0 Å². The molecule has 0 aliphatic carbocycles. The van der Waals surface area contributed by atoms with Crippen LogP contribution in [0.2, 0.25) is 0 Å². The minimum absolute atomic E-state index is 0.766. The van der Waals surface area contributed by atoms with E-state index >= 15 is 0 Å². The quantitative estimate of drug-likeness (QED) is 0.775. The number of aryl methyl sites for hydroxylation is 5. The van der Waals surface area contributed by atoms with Crippen LogP contribution >= 0.6 is 0 Å². The maximum atomic E-state index is 5.77. The third kappa shape index (κ3) is 4.08. The van der Waals surface area contributed by atoms with Gasteiger partial charge >= 0.3 is 0 Å². The lowest BCUT2D eigenvalue weighted by molar-refractivity contribution is 0.803. The standard InChI is InChI=1S/C23H33N/c1-15-12-17(3)21(18(4)13-15)9-10-22-19(5)14-16(2)20(6)23(22)8-7-11-24/h12-14H,7-11,24H2,1-6H3. The second-order valence-electron chi connectivity index (χ2n) is 7.36. The van der Waals surface area contributed by atoms with Crippen LogP contribution in [0.4, 0.5) is 0 Å². The second-order valence-corrected chi connectivity index (χ2v) is 7.36. The SMILES string of the molecule is Cc1cc(C)c(CCc2c(C)cc(C)c(C)c2CCCN)c(C)c1. The zero-order valence-corrected chi connectivity index (χ0v) is 16.3. The van der Waals surface area contributed by atoms with Crippen LogP contribution in [-0.4, -0.2) is 6.54 Å². The van der Waals surface area contributed by atoms with Crippen molar-refractivity contribution in [1.29, 1.82) is 0 Å². The molecule has 2 rings (SSSR count). The smallest absolute Gasteiger partial charge is 0.00741 e. The Morgan fingerprint density at radius 2 is 1.17 bits per heavy atom. The highest BCUT2D eigenvalue weighted by Crippen LogP contribution is 2.26. The van der Waals surface area contributed by atoms with E-state index in [1.807, 2.05) is 0 Å². The summed E-state index contributed by atoms with van der Waals surface area (Å²) in [6, 6.07) is 6.97. The normalized spacial score (nSPS) is 11.1. The lowest BCUT2D eigenvalue weighted by Crippen LogP contribution is -2.08. The van der Waals surface area contributed by atoms with Crippen LogP contribution in [0.5, 0.6) is 0 Å². The predicted molar refractivity (Wildman–Crippen MR) is 106 cm³/mol. The molecule has 130 valence electrons. The topological polar surface area (TPSA) is 26.0 Å². The molecule has 0 unspecified atom stereocenters. The summed E-state index contributed by atoms with van der Waals surface area (Å²) in [4.78, 5) is 0. The third-order valence-corrected chi connectivity index (χ3v) is 5.41. The molecule has 0 radical (unpaired) electrons. The molecule has 0 heterocycles. The van der Waals surface area contributed by atoms with Crippen molar-refractivity contribution in [1.82, 2.24) is 0 Å². The minimum atomic E-state index is 0.766. The van der Waals surface area contributed by atoms with Crippen LogP contribution in [0.1, 0.15) is 56.5 Å². The fourth-order valence-corrected chi connectivity index (χ4v) is 4.04. The van der Waals surface area contributed by atoms with Gasteiger partial charge in [-0.3, -0.25) is 0 Å². The minimum Gasteiger partial charge on any atom is -0.330 e. The zero-order chi connectivity index (χ0) is 17.9. The summed E-state index contributed by atoms with van der Waals surface area (Å²) in [5, 5.41) is 0. The molecule has 0 saturated heterocycles. The molecule has 1 nitrogen and oxygen atoms in total. The molecular formula is C23H33N. The molecule has 2 aromatic carbocycles. The first-order valence-electron chi connectivity index (χ1n) is 9.20. The second kappa shape index (κ2) is 7.98. The Kier molecular flexibility index (Phi) is 6.23. The van der Waals surface area contributed by atoms with E-state index in [4.69, 9.17) is 5.73 Å². The molecule has 0 bridgehead atoms. The molecule has 0 atom stereocenters. The molecule has 1 heteroatoms. The van der Waals surface area contributed by atoms with E-state index < -0.39 is 0 Å². The Hall–Kier alpha value is -1.60. The van der Waals surface area contributed by atoms with Crippen LogP contribution in [-0.2, 0) is 19.3 Å². The van der Waals surface area contributed by atoms with Gasteiger partial charge in [-0.1, -0.05) is 23.8 Å². The highest BCUT2D eigenvalue weighted by atomic mass is 14.5. The van der Waals surface area contributed by atoms with Gasteiger partial charge in [-0.05, 0) is 118 Å². The van der Waals surface area contributed by atoms with E-state index in [2.05, 4.69) is 59.7 Å². The number of hydrogen-bond acceptors (Lipinski definition) is 1. The van der Waals surface area contributed by atoms with Crippen LogP contribution in [0.25, 0.3) is 0 Å². The van der Waals surface area contributed by atoms with E-state index in [1.54, 1.807) is 11.1 Å². The predicted octanol–water partition coefficient (Wildman–Crippen LogP) is 5.21. The van der Waals surface area contributed by atoms with Gasteiger partial charge in [0.1, 0.15) is 0 Å². The van der Waals surface area contributed by atoms with Crippen molar-refractivity contribution in [3.63, 3.8) is 0 Å². The first-order valence-corrected chi connectivity index (χ1v) is 9.20. The van der Waals surface area contributed by atoms with Crippen molar-refractivity contribution in [3.8, 4) is 0 Å². The Labute approximate surface area is 148 Å². The van der Waals surface area contributed by atoms with Crippen LogP contribution < -0.4 is 5.73 Å². The Morgan fingerprint density at radius 3 is 1.75 bits per heavy atom. The van der Waals surface area contributed by atoms with E-state index in [9.17, 15) is 0 Å². The molecule has 0 aliphatic heterocycles. The summed E-state index contributed by atoms with van der Waals surface area (Å²) >= 11 is 0. The summed E-state index contributed by atoms with van der Waals surface area (Å²) in [6.07, 6.45) is 4.42. The molecule has 0 fully saturated rings. The number of nitrogens with two attached hydrogens (primary N) is 1. The number of benzene rings is 2. The third-order valence-electron chi connectivity index (χ3n) is 5.41. The molecular weight excluding hydrogens is 290 g/mol. The molecule has 0 spiro atoms. The fourth-order valence-electron chi connectivity index (χ4n) is 4.04. The maximum Gasteiger partial charge on any atom is -0.00741 e. The summed E-state index contributed by atoms with van der Waals surface area (Å²) in [5.41, 5.74) is 18.9. The Balaban J connectivity index is 2.34. The highest BCUT2D eigenvalue weighted by molar-refractivity contribution is 5.46. The van der Waals surface area contributed by atoms with E-state index in [1.165, 1.54) is 38.9 Å². The number of hydrogen-bond donors (Lipinski definition) is 1. The maximum absolute atomic E-state index is 5.77. The van der Waals surface area contributed by atoms with Gasteiger partial charge in [-0.25, -0.2) is 0 Å². The van der Waals surface area contributed by atoms with Crippen molar-refractivity contribution in [2.75, 3.05) is 6.54 Å². The average Bonchev–Trinajstić information content (AvgIpc) is 2.50. The van der Waals surface area contributed by atoms with Gasteiger partial charge in [0, 0.05) is 0 Å². The van der Waals surface area contributed by atoms with Crippen molar-refractivity contribution in [3.05, 3.63) is 68.3 Å². The van der Waals surface area contributed by atoms with E-state index in [0.717, 1.165) is 32.2 Å². The molecule has 2 N–H and O–H groups in total. The molecule has 24 heavy (non-hydrogen) atoms. The summed E-state index contributed by atoms with van der Waals surface area (Å²) in [6.45, 7) is 14.2. The monoisotopic (exact) mass is 323 g/mol. The van der Waals surface area contributed by atoms with Crippen LogP contribution in [0, 0.1) is 41.5 Å². The van der Waals surface area contributed by atoms with Gasteiger partial charge in [-0.2, -0.15) is 0 Å². The zero-order valence-electron chi connectivity index (χ0n) is 16.3. The largest absolute Gasteiger partial charge is 0.330 e. The first-order chi connectivity index (χ1) is 11.3. The Morgan fingerprint density at radius 1 is 0.625 bits per heavy atom. The van der Waals surface area contributed by atoms with E-state index in [0.29, 0.717) is 0 Å². The first kappa shape index (κ1) is 18.7. The van der Waals surface area contributed by atoms with Gasteiger partial charge in [0.25, 0.3) is 0 Å². The van der Waals surface area contributed by atoms with E-state index in [-0.39, 0.29) is 0 Å². The Bertz CT molecular complexity index is 702. The van der Waals surface area contributed by atoms with Gasteiger partial charge in [0.15, 0.2) is 0 Å². The van der Waals surface area contributed by atoms with Gasteiger partial charge < -0.3 is 5.73 Å². The lowest BCUT2D eigenvalue weighted by Gasteiger charge is -2.19. The average molecular weight is 324 g/mol. The van der Waals surface area contributed by atoms with Crippen LogP contribution in [0.3, 0.4) is 0 Å². The summed E-state index contributed by atoms with van der Waals surface area (Å²) in [7, 11) is 0. The molecule has 0 amide bonds. The van der Waals surface area contributed by atoms with Crippen molar-refractivity contribution in [2.45, 2.75) is 67.2 Å². The van der Waals surface area contributed by atoms with Gasteiger partial charge in [0.05, 0.1) is 0 Å². The van der Waals surface area contributed by atoms with Crippen molar-refractivity contribution in [2.24, 2.45) is 5.73 Å². The lowest BCUT2D eigenvalue weighted by atomic mass is 9.86. The number of rotatable bonds is 6. The van der Waals surface area contributed by atoms with Gasteiger partial charge in [-0.15, -0.1) is 0 Å². The van der Waals surface area contributed by atoms with Crippen molar-refractivity contribution < 1.29 is 0 Å². The summed E-state index contributed by atoms with van der Waals surface area (Å²) < 4.78 is 0. The fraction of sp³-hybridized carbons (Fsp3) is 0.478. The molecule has 0 saturated carbocycles. The highest BCUT2D eigenvalue weighted by Gasteiger charge is 2.13.